The van der Waals surface area contributed by atoms with Crippen LogP contribution in [-0.2, 0) is 4.79 Å². The van der Waals surface area contributed by atoms with Crippen LogP contribution in [0.25, 0.3) is 0 Å². The number of ether oxygens (including phenoxy) is 1. The predicted octanol–water partition coefficient (Wildman–Crippen LogP) is 2.03. The van der Waals surface area contributed by atoms with Crippen LogP contribution in [-0.4, -0.2) is 42.2 Å². The first kappa shape index (κ1) is 15.5. The fraction of sp³-hybridized carbons (Fsp3) is 0.533. The Balaban J connectivity index is 2.46. The number of amides is 1. The van der Waals surface area contributed by atoms with Crippen LogP contribution in [0.4, 0.5) is 0 Å². The summed E-state index contributed by atoms with van der Waals surface area (Å²) < 4.78 is 5.43. The number of hydrogen-bond acceptors (Lipinski definition) is 3. The SMILES string of the molecule is CC(O)CN(C)C(=O)COc1ccc(C(C)C)cc1. The molecule has 1 N–H and O–H groups in total. The first-order valence-electron chi connectivity index (χ1n) is 6.55. The fourth-order valence-electron chi connectivity index (χ4n) is 1.70. The van der Waals surface area contributed by atoms with Gasteiger partial charge in [0.1, 0.15) is 5.75 Å². The molecule has 0 spiro atoms. The number of hydrogen-bond donors (Lipinski definition) is 1. The Labute approximate surface area is 115 Å². The van der Waals surface area contributed by atoms with E-state index in [-0.39, 0.29) is 12.5 Å². The Morgan fingerprint density at radius 1 is 1.26 bits per heavy atom. The van der Waals surface area contributed by atoms with Gasteiger partial charge in [0.2, 0.25) is 0 Å². The minimum atomic E-state index is -0.528. The highest BCUT2D eigenvalue weighted by Crippen LogP contribution is 2.18. The Kier molecular flexibility index (Phi) is 5.83. The summed E-state index contributed by atoms with van der Waals surface area (Å²) >= 11 is 0. The molecule has 4 heteroatoms. The summed E-state index contributed by atoms with van der Waals surface area (Å²) in [6.45, 7) is 6.21. The highest BCUT2D eigenvalue weighted by molar-refractivity contribution is 5.77. The van der Waals surface area contributed by atoms with Crippen molar-refractivity contribution in [3.63, 3.8) is 0 Å². The predicted molar refractivity (Wildman–Crippen MR) is 75.3 cm³/mol. The summed E-state index contributed by atoms with van der Waals surface area (Å²) in [7, 11) is 1.65. The van der Waals surface area contributed by atoms with E-state index in [2.05, 4.69) is 13.8 Å². The van der Waals surface area contributed by atoms with Crippen LogP contribution in [0.2, 0.25) is 0 Å². The van der Waals surface area contributed by atoms with E-state index in [9.17, 15) is 9.90 Å². The Hall–Kier alpha value is -1.55. The van der Waals surface area contributed by atoms with Crippen LogP contribution in [0.15, 0.2) is 24.3 Å². The Morgan fingerprint density at radius 3 is 2.32 bits per heavy atom. The number of carbonyl (C=O) groups excluding carboxylic acids is 1. The van der Waals surface area contributed by atoms with Gasteiger partial charge in [0.05, 0.1) is 6.10 Å². The van der Waals surface area contributed by atoms with Gasteiger partial charge in [-0.2, -0.15) is 0 Å². The van der Waals surface area contributed by atoms with Gasteiger partial charge < -0.3 is 14.7 Å². The van der Waals surface area contributed by atoms with Crippen molar-refractivity contribution in [2.75, 3.05) is 20.2 Å². The number of likely N-dealkylation sites (N-methyl/N-ethyl adjacent to an activating group) is 1. The summed E-state index contributed by atoms with van der Waals surface area (Å²) in [5.41, 5.74) is 1.24. The third-order valence-corrected chi connectivity index (χ3v) is 2.87. The van der Waals surface area contributed by atoms with Gasteiger partial charge in [0, 0.05) is 13.6 Å². The molecule has 0 radical (unpaired) electrons. The van der Waals surface area contributed by atoms with E-state index < -0.39 is 6.10 Å². The molecule has 0 aliphatic heterocycles. The van der Waals surface area contributed by atoms with Gasteiger partial charge in [0.25, 0.3) is 5.91 Å². The van der Waals surface area contributed by atoms with Crippen LogP contribution in [0, 0.1) is 0 Å². The second kappa shape index (κ2) is 7.14. The quantitative estimate of drug-likeness (QED) is 0.856. The van der Waals surface area contributed by atoms with Crippen molar-refractivity contribution in [1.82, 2.24) is 4.90 Å². The summed E-state index contributed by atoms with van der Waals surface area (Å²) in [6, 6.07) is 7.75. The maximum atomic E-state index is 11.7. The van der Waals surface area contributed by atoms with Crippen LogP contribution < -0.4 is 4.74 Å². The standard InChI is InChI=1S/C15H23NO3/c1-11(2)13-5-7-14(8-6-13)19-10-15(18)16(4)9-12(3)17/h5-8,11-12,17H,9-10H2,1-4H3. The monoisotopic (exact) mass is 265 g/mol. The van der Waals surface area contributed by atoms with Crippen LogP contribution in [0.5, 0.6) is 5.75 Å². The summed E-state index contributed by atoms with van der Waals surface area (Å²) in [4.78, 5) is 13.2. The maximum Gasteiger partial charge on any atom is 0.260 e. The van der Waals surface area contributed by atoms with Crippen molar-refractivity contribution >= 4 is 5.91 Å². The maximum absolute atomic E-state index is 11.7. The number of rotatable bonds is 6. The van der Waals surface area contributed by atoms with Gasteiger partial charge in [-0.3, -0.25) is 4.79 Å². The molecule has 106 valence electrons. The molecule has 1 aromatic carbocycles. The second-order valence-electron chi connectivity index (χ2n) is 5.14. The van der Waals surface area contributed by atoms with Crippen molar-refractivity contribution in [3.05, 3.63) is 29.8 Å². The van der Waals surface area contributed by atoms with E-state index in [4.69, 9.17) is 4.74 Å². The van der Waals surface area contributed by atoms with E-state index in [1.807, 2.05) is 24.3 Å². The smallest absolute Gasteiger partial charge is 0.260 e. The third-order valence-electron chi connectivity index (χ3n) is 2.87. The molecule has 1 amide bonds. The molecule has 0 saturated carbocycles. The molecule has 1 rings (SSSR count). The van der Waals surface area contributed by atoms with E-state index in [0.717, 1.165) is 0 Å². The van der Waals surface area contributed by atoms with E-state index >= 15 is 0 Å². The highest BCUT2D eigenvalue weighted by atomic mass is 16.5. The Morgan fingerprint density at radius 2 is 1.84 bits per heavy atom. The molecule has 0 aromatic heterocycles. The van der Waals surface area contributed by atoms with Gasteiger partial charge >= 0.3 is 0 Å². The van der Waals surface area contributed by atoms with Gasteiger partial charge in [0.15, 0.2) is 6.61 Å². The van der Waals surface area contributed by atoms with Crippen molar-refractivity contribution in [2.45, 2.75) is 32.8 Å². The number of aliphatic hydroxyl groups is 1. The average Bonchev–Trinajstić information content (AvgIpc) is 2.35. The van der Waals surface area contributed by atoms with Crippen molar-refractivity contribution in [2.24, 2.45) is 0 Å². The molecule has 0 fully saturated rings. The number of aliphatic hydroxyl groups excluding tert-OH is 1. The average molecular weight is 265 g/mol. The zero-order chi connectivity index (χ0) is 14.4. The molecule has 1 aromatic rings. The molecule has 0 heterocycles. The zero-order valence-electron chi connectivity index (χ0n) is 12.1. The van der Waals surface area contributed by atoms with Crippen molar-refractivity contribution in [1.29, 1.82) is 0 Å². The lowest BCUT2D eigenvalue weighted by Gasteiger charge is -2.19. The normalized spacial score (nSPS) is 12.3. The van der Waals surface area contributed by atoms with E-state index in [1.165, 1.54) is 10.5 Å². The molecule has 0 aliphatic carbocycles. The highest BCUT2D eigenvalue weighted by Gasteiger charge is 2.11. The fourth-order valence-corrected chi connectivity index (χ4v) is 1.70. The molecular weight excluding hydrogens is 242 g/mol. The number of benzene rings is 1. The summed E-state index contributed by atoms with van der Waals surface area (Å²) in [5, 5.41) is 9.20. The first-order chi connectivity index (χ1) is 8.90. The molecule has 1 unspecified atom stereocenters. The van der Waals surface area contributed by atoms with Crippen LogP contribution in [0.1, 0.15) is 32.3 Å². The van der Waals surface area contributed by atoms with Gasteiger partial charge in [-0.15, -0.1) is 0 Å². The van der Waals surface area contributed by atoms with Crippen molar-refractivity contribution in [3.8, 4) is 5.75 Å². The summed E-state index contributed by atoms with van der Waals surface area (Å²) in [6.07, 6.45) is -0.528. The topological polar surface area (TPSA) is 49.8 Å². The van der Waals surface area contributed by atoms with Crippen molar-refractivity contribution < 1.29 is 14.6 Å². The minimum absolute atomic E-state index is 0.00968. The molecule has 0 bridgehead atoms. The molecule has 1 atom stereocenters. The second-order valence-corrected chi connectivity index (χ2v) is 5.14. The Bertz CT molecular complexity index is 398. The molecule has 0 saturated heterocycles. The molecule has 19 heavy (non-hydrogen) atoms. The number of carbonyl (C=O) groups is 1. The van der Waals surface area contributed by atoms with E-state index in [0.29, 0.717) is 18.2 Å². The minimum Gasteiger partial charge on any atom is -0.484 e. The summed E-state index contributed by atoms with van der Waals surface area (Å²) in [5.74, 6) is 1.02. The largest absolute Gasteiger partial charge is 0.484 e. The lowest BCUT2D eigenvalue weighted by Crippen LogP contribution is -2.36. The van der Waals surface area contributed by atoms with E-state index in [1.54, 1.807) is 14.0 Å². The van der Waals surface area contributed by atoms with Crippen LogP contribution >= 0.6 is 0 Å². The lowest BCUT2D eigenvalue weighted by atomic mass is 10.0. The first-order valence-corrected chi connectivity index (χ1v) is 6.55. The molecule has 0 aliphatic rings. The van der Waals surface area contributed by atoms with Crippen LogP contribution in [0.3, 0.4) is 0 Å². The van der Waals surface area contributed by atoms with Gasteiger partial charge in [-0.05, 0) is 30.5 Å². The lowest BCUT2D eigenvalue weighted by molar-refractivity contribution is -0.133. The van der Waals surface area contributed by atoms with Gasteiger partial charge in [-0.25, -0.2) is 0 Å². The number of nitrogens with zero attached hydrogens (tertiary/aromatic N) is 1. The zero-order valence-corrected chi connectivity index (χ0v) is 12.1. The van der Waals surface area contributed by atoms with Gasteiger partial charge in [-0.1, -0.05) is 26.0 Å². The molecule has 4 nitrogen and oxygen atoms in total. The third kappa shape index (κ3) is 5.30. The molecular formula is C15H23NO3.